The molecule has 27 heavy (non-hydrogen) atoms. The fraction of sp³-hybridized carbons (Fsp3) is 0.778. The molecule has 1 N–H and O–H groups in total. The van der Waals surface area contributed by atoms with Gasteiger partial charge in [-0.25, -0.2) is 4.79 Å². The quantitative estimate of drug-likeness (QED) is 0.734. The normalized spacial score (nSPS) is 12.2. The van der Waals surface area contributed by atoms with Gasteiger partial charge in [-0.1, -0.05) is 12.1 Å². The van der Waals surface area contributed by atoms with E-state index >= 15 is 0 Å². The lowest BCUT2D eigenvalue weighted by molar-refractivity contribution is -0.130. The molecule has 0 aliphatic carbocycles. The zero-order valence-electron chi connectivity index (χ0n) is 17.8. The van der Waals surface area contributed by atoms with E-state index in [1.54, 1.807) is 53.6 Å². The van der Waals surface area contributed by atoms with Crippen LogP contribution in [0.3, 0.4) is 0 Å². The van der Waals surface area contributed by atoms with Crippen LogP contribution in [-0.4, -0.2) is 64.7 Å². The minimum absolute atomic E-state index is 0.00936. The van der Waals surface area contributed by atoms with Crippen molar-refractivity contribution in [3.8, 4) is 0 Å². The summed E-state index contributed by atoms with van der Waals surface area (Å²) in [5, 5.41) is 6.73. The van der Waals surface area contributed by atoms with Crippen LogP contribution in [0.2, 0.25) is 0 Å². The number of hydrogen-bond donors (Lipinski definition) is 1. The Morgan fingerprint density at radius 3 is 2.33 bits per heavy atom. The lowest BCUT2D eigenvalue weighted by atomic mass is 10.1. The Labute approximate surface area is 161 Å². The molecule has 0 saturated carbocycles. The number of rotatable bonds is 8. The number of alkyl carbamates (subject to hydrolysis) is 1. The molecule has 9 heteroatoms. The van der Waals surface area contributed by atoms with Crippen LogP contribution in [0.5, 0.6) is 0 Å². The highest BCUT2D eigenvalue weighted by atomic mass is 16.6. The van der Waals surface area contributed by atoms with Crippen molar-refractivity contribution < 1.29 is 18.8 Å². The van der Waals surface area contributed by atoms with Crippen molar-refractivity contribution in [2.24, 2.45) is 0 Å². The van der Waals surface area contributed by atoms with Crippen molar-refractivity contribution in [2.45, 2.75) is 65.6 Å². The van der Waals surface area contributed by atoms with Gasteiger partial charge in [0.15, 0.2) is 5.82 Å². The number of likely N-dealkylation sites (N-methyl/N-ethyl adjacent to an activating group) is 1. The van der Waals surface area contributed by atoms with Crippen LogP contribution < -0.4 is 5.32 Å². The second-order valence-corrected chi connectivity index (χ2v) is 8.26. The Hall–Kier alpha value is -2.16. The highest BCUT2D eigenvalue weighted by Crippen LogP contribution is 2.18. The van der Waals surface area contributed by atoms with Gasteiger partial charge in [-0.05, 0) is 47.6 Å². The molecule has 1 rings (SSSR count). The Balaban J connectivity index is 2.79. The fourth-order valence-corrected chi connectivity index (χ4v) is 2.24. The molecule has 0 atom stereocenters. The SMILES string of the molecule is CCCN(CC(=O)N(C)C)Cc1nc(C(C)(C)NC(=O)OC(C)(C)C)no1. The van der Waals surface area contributed by atoms with Gasteiger partial charge >= 0.3 is 6.09 Å². The zero-order chi connectivity index (χ0) is 20.8. The van der Waals surface area contributed by atoms with Gasteiger partial charge in [0, 0.05) is 14.1 Å². The van der Waals surface area contributed by atoms with Gasteiger partial charge in [-0.3, -0.25) is 9.69 Å². The number of carbonyl (C=O) groups is 2. The summed E-state index contributed by atoms with van der Waals surface area (Å²) in [6, 6.07) is 0. The molecular formula is C18H33N5O4. The van der Waals surface area contributed by atoms with Crippen molar-refractivity contribution in [1.29, 1.82) is 0 Å². The molecule has 0 aliphatic heterocycles. The molecule has 0 radical (unpaired) electrons. The number of nitrogens with zero attached hydrogens (tertiary/aromatic N) is 4. The summed E-state index contributed by atoms with van der Waals surface area (Å²) in [4.78, 5) is 31.9. The molecule has 1 heterocycles. The van der Waals surface area contributed by atoms with Crippen molar-refractivity contribution >= 4 is 12.0 Å². The van der Waals surface area contributed by atoms with E-state index in [-0.39, 0.29) is 12.5 Å². The maximum atomic E-state index is 12.0. The minimum atomic E-state index is -0.862. The molecule has 0 bridgehead atoms. The summed E-state index contributed by atoms with van der Waals surface area (Å²) < 4.78 is 10.6. The van der Waals surface area contributed by atoms with E-state index in [1.807, 2.05) is 11.8 Å². The highest BCUT2D eigenvalue weighted by molar-refractivity contribution is 5.77. The molecule has 0 unspecified atom stereocenters. The number of amides is 2. The van der Waals surface area contributed by atoms with E-state index in [0.29, 0.717) is 18.3 Å². The smallest absolute Gasteiger partial charge is 0.408 e. The fourth-order valence-electron chi connectivity index (χ4n) is 2.24. The van der Waals surface area contributed by atoms with E-state index in [4.69, 9.17) is 9.26 Å². The van der Waals surface area contributed by atoms with E-state index in [9.17, 15) is 9.59 Å². The van der Waals surface area contributed by atoms with Gasteiger partial charge in [0.05, 0.1) is 13.1 Å². The minimum Gasteiger partial charge on any atom is -0.444 e. The lowest BCUT2D eigenvalue weighted by Gasteiger charge is -2.26. The van der Waals surface area contributed by atoms with Gasteiger partial charge in [-0.2, -0.15) is 4.98 Å². The molecule has 1 aromatic heterocycles. The maximum Gasteiger partial charge on any atom is 0.408 e. The van der Waals surface area contributed by atoms with Crippen LogP contribution in [-0.2, 0) is 21.6 Å². The summed E-state index contributed by atoms with van der Waals surface area (Å²) >= 11 is 0. The van der Waals surface area contributed by atoms with Crippen LogP contribution in [0.1, 0.15) is 59.7 Å². The van der Waals surface area contributed by atoms with Crippen molar-refractivity contribution in [3.05, 3.63) is 11.7 Å². The Kier molecular flexibility index (Phi) is 7.77. The number of aromatic nitrogens is 2. The van der Waals surface area contributed by atoms with Crippen LogP contribution in [0.25, 0.3) is 0 Å². The first kappa shape index (κ1) is 22.9. The summed E-state index contributed by atoms with van der Waals surface area (Å²) in [6.07, 6.45) is 0.343. The number of nitrogens with one attached hydrogen (secondary N) is 1. The van der Waals surface area contributed by atoms with E-state index < -0.39 is 17.2 Å². The number of ether oxygens (including phenoxy) is 1. The monoisotopic (exact) mass is 383 g/mol. The van der Waals surface area contributed by atoms with Crippen LogP contribution in [0.4, 0.5) is 4.79 Å². The lowest BCUT2D eigenvalue weighted by Crippen LogP contribution is -2.44. The first-order valence-electron chi connectivity index (χ1n) is 9.10. The highest BCUT2D eigenvalue weighted by Gasteiger charge is 2.31. The van der Waals surface area contributed by atoms with E-state index in [2.05, 4.69) is 15.5 Å². The van der Waals surface area contributed by atoms with Crippen molar-refractivity contribution in [1.82, 2.24) is 25.3 Å². The van der Waals surface area contributed by atoms with Gasteiger partial charge in [0.2, 0.25) is 11.8 Å². The molecule has 2 amide bonds. The van der Waals surface area contributed by atoms with E-state index in [1.165, 1.54) is 0 Å². The second kappa shape index (κ2) is 9.16. The third-order valence-electron chi connectivity index (χ3n) is 3.60. The van der Waals surface area contributed by atoms with Crippen LogP contribution in [0, 0.1) is 0 Å². The third-order valence-corrected chi connectivity index (χ3v) is 3.60. The zero-order valence-corrected chi connectivity index (χ0v) is 17.8. The molecule has 0 spiro atoms. The molecule has 0 saturated heterocycles. The van der Waals surface area contributed by atoms with Crippen molar-refractivity contribution in [3.63, 3.8) is 0 Å². The first-order valence-corrected chi connectivity index (χ1v) is 9.10. The topological polar surface area (TPSA) is 101 Å². The summed E-state index contributed by atoms with van der Waals surface area (Å²) in [5.74, 6) is 0.748. The second-order valence-electron chi connectivity index (χ2n) is 8.26. The summed E-state index contributed by atoms with van der Waals surface area (Å²) in [6.45, 7) is 12.3. The number of hydrogen-bond acceptors (Lipinski definition) is 7. The molecule has 0 aliphatic rings. The predicted octanol–water partition coefficient (Wildman–Crippen LogP) is 2.13. The van der Waals surface area contributed by atoms with Crippen LogP contribution in [0.15, 0.2) is 4.52 Å². The molecular weight excluding hydrogens is 350 g/mol. The Bertz CT molecular complexity index is 634. The summed E-state index contributed by atoms with van der Waals surface area (Å²) in [5.41, 5.74) is -1.46. The molecule has 154 valence electrons. The first-order chi connectivity index (χ1) is 12.3. The standard InChI is InChI=1S/C18H33N5O4/c1-9-10-23(12-14(24)22(7)8)11-13-19-15(21-27-13)18(5,6)20-16(25)26-17(2,3)4/h9-12H2,1-8H3,(H,20,25). The average molecular weight is 383 g/mol. The average Bonchev–Trinajstić information content (AvgIpc) is 2.93. The molecule has 1 aromatic rings. The van der Waals surface area contributed by atoms with Gasteiger partial charge in [-0.15, -0.1) is 0 Å². The summed E-state index contributed by atoms with van der Waals surface area (Å²) in [7, 11) is 3.45. The van der Waals surface area contributed by atoms with Crippen molar-refractivity contribution in [2.75, 3.05) is 27.2 Å². The molecule has 9 nitrogen and oxygen atoms in total. The largest absolute Gasteiger partial charge is 0.444 e. The number of carbonyl (C=O) groups excluding carboxylic acids is 2. The Morgan fingerprint density at radius 2 is 1.81 bits per heavy atom. The van der Waals surface area contributed by atoms with Gasteiger partial charge < -0.3 is 19.5 Å². The third kappa shape index (κ3) is 7.94. The maximum absolute atomic E-state index is 12.0. The van der Waals surface area contributed by atoms with Gasteiger partial charge in [0.25, 0.3) is 0 Å². The van der Waals surface area contributed by atoms with Gasteiger partial charge in [0.1, 0.15) is 11.1 Å². The molecule has 0 aromatic carbocycles. The van der Waals surface area contributed by atoms with Crippen LogP contribution >= 0.6 is 0 Å². The Morgan fingerprint density at radius 1 is 1.19 bits per heavy atom. The van der Waals surface area contributed by atoms with E-state index in [0.717, 1.165) is 13.0 Å². The molecule has 0 fully saturated rings. The predicted molar refractivity (Wildman–Crippen MR) is 101 cm³/mol.